The molecule has 18 heavy (non-hydrogen) atoms. The third-order valence-corrected chi connectivity index (χ3v) is 4.71. The van der Waals surface area contributed by atoms with E-state index < -0.39 is 0 Å². The molecule has 4 heteroatoms. The molecule has 0 bridgehead atoms. The van der Waals surface area contributed by atoms with Crippen molar-refractivity contribution in [3.8, 4) is 0 Å². The van der Waals surface area contributed by atoms with Crippen molar-refractivity contribution in [3.05, 3.63) is 11.1 Å². The molecule has 0 spiro atoms. The molecule has 1 saturated carbocycles. The Bertz CT molecular complexity index is 360. The molecule has 1 atom stereocenters. The van der Waals surface area contributed by atoms with Crippen LogP contribution in [0.2, 0.25) is 0 Å². The Hall–Kier alpha value is -0.610. The zero-order valence-electron chi connectivity index (χ0n) is 11.8. The monoisotopic (exact) mass is 267 g/mol. The number of rotatable bonds is 7. The van der Waals surface area contributed by atoms with Crippen LogP contribution in [0.1, 0.15) is 51.3 Å². The van der Waals surface area contributed by atoms with Gasteiger partial charge < -0.3 is 10.2 Å². The molecule has 3 nitrogen and oxygen atoms in total. The van der Waals surface area contributed by atoms with Crippen molar-refractivity contribution < 1.29 is 0 Å². The fourth-order valence-corrected chi connectivity index (χ4v) is 3.15. The Kier molecular flexibility index (Phi) is 5.01. The minimum absolute atomic E-state index is 0.368. The summed E-state index contributed by atoms with van der Waals surface area (Å²) < 4.78 is 0. The fraction of sp³-hybridized carbons (Fsp3) is 0.786. The number of anilines is 1. The Labute approximate surface area is 115 Å². The van der Waals surface area contributed by atoms with Gasteiger partial charge in [0, 0.05) is 25.0 Å². The summed E-state index contributed by atoms with van der Waals surface area (Å²) in [6, 6.07) is 0.368. The average molecular weight is 267 g/mol. The van der Waals surface area contributed by atoms with Crippen LogP contribution in [0.4, 0.5) is 5.13 Å². The lowest BCUT2D eigenvalue weighted by Gasteiger charge is -2.29. The average Bonchev–Trinajstić information content (AvgIpc) is 2.80. The summed E-state index contributed by atoms with van der Waals surface area (Å²) in [6.45, 7) is 6.62. The molecule has 0 aliphatic heterocycles. The van der Waals surface area contributed by atoms with E-state index in [9.17, 15) is 0 Å². The highest BCUT2D eigenvalue weighted by Crippen LogP contribution is 2.30. The number of aromatic nitrogens is 1. The zero-order chi connectivity index (χ0) is 13.0. The summed E-state index contributed by atoms with van der Waals surface area (Å²) in [5, 5.41) is 6.85. The minimum atomic E-state index is 0.368. The van der Waals surface area contributed by atoms with Gasteiger partial charge in [0.2, 0.25) is 0 Å². The number of nitrogens with one attached hydrogen (secondary N) is 1. The Balaban J connectivity index is 1.87. The van der Waals surface area contributed by atoms with Gasteiger partial charge in [0.1, 0.15) is 0 Å². The van der Waals surface area contributed by atoms with Crippen LogP contribution in [0.25, 0.3) is 0 Å². The third-order valence-electron chi connectivity index (χ3n) is 3.74. The SMILES string of the molecule is CCCNC(C)c1csc(N(C)CC2CCC2)n1. The lowest BCUT2D eigenvalue weighted by Crippen LogP contribution is -2.29. The van der Waals surface area contributed by atoms with Crippen LogP contribution in [0.5, 0.6) is 0 Å². The molecule has 1 heterocycles. The maximum atomic E-state index is 4.76. The van der Waals surface area contributed by atoms with Gasteiger partial charge in [0.05, 0.1) is 5.69 Å². The smallest absolute Gasteiger partial charge is 0.185 e. The summed E-state index contributed by atoms with van der Waals surface area (Å²) in [5.41, 5.74) is 1.18. The summed E-state index contributed by atoms with van der Waals surface area (Å²) in [7, 11) is 2.17. The van der Waals surface area contributed by atoms with E-state index in [1.54, 1.807) is 11.3 Å². The molecular weight excluding hydrogens is 242 g/mol. The summed E-state index contributed by atoms with van der Waals surface area (Å²) in [5.74, 6) is 0.901. The molecule has 2 rings (SSSR count). The van der Waals surface area contributed by atoms with Gasteiger partial charge in [-0.25, -0.2) is 4.98 Å². The van der Waals surface area contributed by atoms with Crippen LogP contribution in [0.3, 0.4) is 0 Å². The maximum Gasteiger partial charge on any atom is 0.185 e. The van der Waals surface area contributed by atoms with Crippen LogP contribution >= 0.6 is 11.3 Å². The van der Waals surface area contributed by atoms with Crippen LogP contribution < -0.4 is 10.2 Å². The van der Waals surface area contributed by atoms with Gasteiger partial charge in [0.25, 0.3) is 0 Å². The van der Waals surface area contributed by atoms with E-state index in [2.05, 4.69) is 36.5 Å². The molecule has 102 valence electrons. The minimum Gasteiger partial charge on any atom is -0.351 e. The standard InChI is InChI=1S/C14H25N3S/c1-4-8-15-11(2)13-10-18-14(16-13)17(3)9-12-6-5-7-12/h10-12,15H,4-9H2,1-3H3. The van der Waals surface area contributed by atoms with Gasteiger partial charge >= 0.3 is 0 Å². The van der Waals surface area contributed by atoms with Gasteiger partial charge in [-0.2, -0.15) is 0 Å². The first-order valence-electron chi connectivity index (χ1n) is 7.10. The lowest BCUT2D eigenvalue weighted by molar-refractivity contribution is 0.321. The van der Waals surface area contributed by atoms with Crippen LogP contribution in [0.15, 0.2) is 5.38 Å². The largest absolute Gasteiger partial charge is 0.351 e. The zero-order valence-corrected chi connectivity index (χ0v) is 12.6. The Morgan fingerprint density at radius 2 is 2.33 bits per heavy atom. The molecule has 1 fully saturated rings. The first-order valence-corrected chi connectivity index (χ1v) is 7.98. The highest BCUT2D eigenvalue weighted by atomic mass is 32.1. The topological polar surface area (TPSA) is 28.2 Å². The fourth-order valence-electron chi connectivity index (χ4n) is 2.26. The first kappa shape index (κ1) is 13.8. The normalized spacial score (nSPS) is 17.5. The molecule has 1 aromatic rings. The maximum absolute atomic E-state index is 4.76. The van der Waals surface area contributed by atoms with E-state index in [0.717, 1.165) is 12.5 Å². The number of thiazole rings is 1. The van der Waals surface area contributed by atoms with Gasteiger partial charge in [-0.15, -0.1) is 11.3 Å². The van der Waals surface area contributed by atoms with Crippen LogP contribution in [-0.4, -0.2) is 25.1 Å². The quantitative estimate of drug-likeness (QED) is 0.820. The number of nitrogens with zero attached hydrogens (tertiary/aromatic N) is 2. The predicted octanol–water partition coefficient (Wildman–Crippen LogP) is 3.44. The lowest BCUT2D eigenvalue weighted by atomic mass is 9.85. The number of hydrogen-bond donors (Lipinski definition) is 1. The molecule has 1 aliphatic carbocycles. The van der Waals surface area contributed by atoms with Gasteiger partial charge in [-0.3, -0.25) is 0 Å². The van der Waals surface area contributed by atoms with Crippen LogP contribution in [0, 0.1) is 5.92 Å². The van der Waals surface area contributed by atoms with E-state index >= 15 is 0 Å². The second kappa shape index (κ2) is 6.53. The molecular formula is C14H25N3S. The molecule has 0 aromatic carbocycles. The number of hydrogen-bond acceptors (Lipinski definition) is 4. The van der Waals surface area contributed by atoms with E-state index in [4.69, 9.17) is 4.98 Å². The van der Waals surface area contributed by atoms with Crippen molar-refractivity contribution in [1.29, 1.82) is 0 Å². The van der Waals surface area contributed by atoms with Crippen molar-refractivity contribution in [2.75, 3.05) is 25.0 Å². The Morgan fingerprint density at radius 3 is 2.94 bits per heavy atom. The second-order valence-electron chi connectivity index (χ2n) is 5.41. The molecule has 1 aliphatic rings. The van der Waals surface area contributed by atoms with E-state index in [-0.39, 0.29) is 0 Å². The van der Waals surface area contributed by atoms with Crippen molar-refractivity contribution in [2.24, 2.45) is 5.92 Å². The van der Waals surface area contributed by atoms with Crippen molar-refractivity contribution in [1.82, 2.24) is 10.3 Å². The van der Waals surface area contributed by atoms with Gasteiger partial charge in [0.15, 0.2) is 5.13 Å². The van der Waals surface area contributed by atoms with Crippen molar-refractivity contribution in [3.63, 3.8) is 0 Å². The van der Waals surface area contributed by atoms with E-state index in [1.165, 1.54) is 43.1 Å². The van der Waals surface area contributed by atoms with E-state index in [1.807, 2.05) is 0 Å². The highest BCUT2D eigenvalue weighted by molar-refractivity contribution is 7.13. The predicted molar refractivity (Wildman–Crippen MR) is 79.4 cm³/mol. The molecule has 1 aromatic heterocycles. The molecule has 1 unspecified atom stereocenters. The highest BCUT2D eigenvalue weighted by Gasteiger charge is 2.20. The summed E-state index contributed by atoms with van der Waals surface area (Å²) in [6.07, 6.45) is 5.39. The van der Waals surface area contributed by atoms with Gasteiger partial charge in [-0.1, -0.05) is 13.3 Å². The van der Waals surface area contributed by atoms with Gasteiger partial charge in [-0.05, 0) is 38.6 Å². The van der Waals surface area contributed by atoms with Crippen molar-refractivity contribution in [2.45, 2.75) is 45.6 Å². The molecule has 0 radical (unpaired) electrons. The first-order chi connectivity index (χ1) is 8.70. The van der Waals surface area contributed by atoms with E-state index in [0.29, 0.717) is 6.04 Å². The van der Waals surface area contributed by atoms with Crippen LogP contribution in [-0.2, 0) is 0 Å². The summed E-state index contributed by atoms with van der Waals surface area (Å²) in [4.78, 5) is 7.08. The molecule has 0 amide bonds. The third kappa shape index (κ3) is 3.45. The van der Waals surface area contributed by atoms with Crippen molar-refractivity contribution >= 4 is 16.5 Å². The Morgan fingerprint density at radius 1 is 1.56 bits per heavy atom. The molecule has 1 N–H and O–H groups in total. The second-order valence-corrected chi connectivity index (χ2v) is 6.24. The molecule has 0 saturated heterocycles. The summed E-state index contributed by atoms with van der Waals surface area (Å²) >= 11 is 1.77.